The monoisotopic (exact) mass is 266 g/mol. The van der Waals surface area contributed by atoms with Gasteiger partial charge < -0.3 is 9.88 Å². The van der Waals surface area contributed by atoms with Crippen molar-refractivity contribution in [3.8, 4) is 0 Å². The number of para-hydroxylation sites is 1. The summed E-state index contributed by atoms with van der Waals surface area (Å²) in [6.45, 7) is 0.913. The second-order valence-electron chi connectivity index (χ2n) is 4.44. The predicted octanol–water partition coefficient (Wildman–Crippen LogP) is 2.59. The molecule has 0 saturated carbocycles. The van der Waals surface area contributed by atoms with E-state index >= 15 is 0 Å². The average molecular weight is 267 g/mol. The molecule has 1 N–H and O–H groups in total. The van der Waals surface area contributed by atoms with Gasteiger partial charge in [-0.15, -0.1) is 0 Å². The highest BCUT2D eigenvalue weighted by Crippen LogP contribution is 2.27. The number of carbonyl (C=O) groups is 1. The quantitative estimate of drug-likeness (QED) is 0.792. The molecule has 1 aromatic heterocycles. The fourth-order valence-corrected chi connectivity index (χ4v) is 2.66. The number of aromatic amines is 1. The largest absolute Gasteiger partial charge is 0.357 e. The third kappa shape index (κ3) is 1.77. The van der Waals surface area contributed by atoms with Crippen molar-refractivity contribution in [2.45, 2.75) is 18.6 Å². The van der Waals surface area contributed by atoms with E-state index in [0.29, 0.717) is 13.1 Å². The molecule has 3 rings (SSSR count). The Morgan fingerprint density at radius 1 is 1.44 bits per heavy atom. The minimum absolute atomic E-state index is 0.399. The minimum Gasteiger partial charge on any atom is -0.357 e. The average Bonchev–Trinajstić information content (AvgIpc) is 2.75. The molecule has 0 fully saturated rings. The van der Waals surface area contributed by atoms with Crippen LogP contribution in [0.25, 0.3) is 10.9 Å². The third-order valence-corrected chi connectivity index (χ3v) is 3.57. The molecule has 0 radical (unpaired) electrons. The maximum atomic E-state index is 12.8. The number of benzene rings is 1. The lowest BCUT2D eigenvalue weighted by molar-refractivity contribution is -0.134. The van der Waals surface area contributed by atoms with E-state index in [0.717, 1.165) is 17.6 Å². The highest BCUT2D eigenvalue weighted by atomic mass is 35.5. The van der Waals surface area contributed by atoms with Gasteiger partial charge in [-0.1, -0.05) is 29.8 Å². The molecule has 0 saturated heterocycles. The Hall–Kier alpha value is -1.55. The van der Waals surface area contributed by atoms with Crippen molar-refractivity contribution >= 4 is 28.4 Å². The van der Waals surface area contributed by atoms with Crippen LogP contribution in [0.1, 0.15) is 11.3 Å². The molecule has 2 aromatic rings. The molecule has 18 heavy (non-hydrogen) atoms. The van der Waals surface area contributed by atoms with Crippen molar-refractivity contribution in [2.75, 3.05) is 6.54 Å². The van der Waals surface area contributed by atoms with Crippen molar-refractivity contribution in [1.82, 2.24) is 9.88 Å². The molecule has 1 aliphatic heterocycles. The molecule has 5 heteroatoms. The normalized spacial score (nSPS) is 16.7. The molecule has 2 heterocycles. The number of hydrogen-bond donors (Lipinski definition) is 1. The number of rotatable bonds is 1. The standard InChI is InChI=1S/C13H12ClFN2O/c14-12(15)13(18)17-6-5-9-8-3-1-2-4-10(8)16-11(9)7-17/h1-4,12,16H,5-7H2. The summed E-state index contributed by atoms with van der Waals surface area (Å²) >= 11 is 5.20. The molecule has 1 atom stereocenters. The molecule has 0 spiro atoms. The van der Waals surface area contributed by atoms with Gasteiger partial charge in [0.25, 0.3) is 11.5 Å². The molecule has 0 bridgehead atoms. The van der Waals surface area contributed by atoms with E-state index in [1.807, 2.05) is 18.2 Å². The number of amides is 1. The Bertz CT molecular complexity index is 608. The molecule has 1 amide bonds. The fourth-order valence-electron chi connectivity index (χ4n) is 2.52. The summed E-state index contributed by atoms with van der Waals surface area (Å²) in [5.41, 5.74) is 1.31. The maximum absolute atomic E-state index is 12.8. The van der Waals surface area contributed by atoms with Gasteiger partial charge in [0.2, 0.25) is 0 Å². The summed E-state index contributed by atoms with van der Waals surface area (Å²) in [4.78, 5) is 16.3. The zero-order valence-electron chi connectivity index (χ0n) is 9.62. The highest BCUT2D eigenvalue weighted by Gasteiger charge is 2.27. The lowest BCUT2D eigenvalue weighted by Crippen LogP contribution is -2.39. The molecule has 1 aromatic carbocycles. The van der Waals surface area contributed by atoms with Gasteiger partial charge in [-0.3, -0.25) is 4.79 Å². The van der Waals surface area contributed by atoms with Gasteiger partial charge in [0.05, 0.1) is 6.54 Å². The first-order valence-corrected chi connectivity index (χ1v) is 6.26. The Morgan fingerprint density at radius 2 is 2.22 bits per heavy atom. The maximum Gasteiger partial charge on any atom is 0.273 e. The van der Waals surface area contributed by atoms with E-state index in [-0.39, 0.29) is 0 Å². The van der Waals surface area contributed by atoms with Crippen LogP contribution in [0.5, 0.6) is 0 Å². The number of hydrogen-bond acceptors (Lipinski definition) is 1. The summed E-state index contributed by atoms with van der Waals surface area (Å²) in [7, 11) is 0. The van der Waals surface area contributed by atoms with E-state index in [4.69, 9.17) is 11.6 Å². The van der Waals surface area contributed by atoms with Gasteiger partial charge in [-0.05, 0) is 18.1 Å². The summed E-state index contributed by atoms with van der Waals surface area (Å²) < 4.78 is 12.8. The van der Waals surface area contributed by atoms with E-state index in [1.165, 1.54) is 15.8 Å². The van der Waals surface area contributed by atoms with Gasteiger partial charge >= 0.3 is 0 Å². The van der Waals surface area contributed by atoms with Crippen molar-refractivity contribution in [3.05, 3.63) is 35.5 Å². The smallest absolute Gasteiger partial charge is 0.273 e. The molecule has 0 aliphatic carbocycles. The van der Waals surface area contributed by atoms with Crippen LogP contribution >= 0.6 is 11.6 Å². The number of alkyl halides is 2. The van der Waals surface area contributed by atoms with Crippen LogP contribution < -0.4 is 0 Å². The van der Waals surface area contributed by atoms with Crippen LogP contribution in [0.3, 0.4) is 0 Å². The van der Waals surface area contributed by atoms with E-state index in [1.54, 1.807) is 0 Å². The Morgan fingerprint density at radius 3 is 3.00 bits per heavy atom. The second-order valence-corrected chi connectivity index (χ2v) is 4.82. The molecule has 1 unspecified atom stereocenters. The molecular formula is C13H12ClFN2O. The van der Waals surface area contributed by atoms with Crippen molar-refractivity contribution in [1.29, 1.82) is 0 Å². The fraction of sp³-hybridized carbons (Fsp3) is 0.308. The zero-order chi connectivity index (χ0) is 12.7. The Labute approximate surface area is 109 Å². The zero-order valence-corrected chi connectivity index (χ0v) is 10.4. The number of fused-ring (bicyclic) bond motifs is 3. The van der Waals surface area contributed by atoms with E-state index in [2.05, 4.69) is 11.1 Å². The highest BCUT2D eigenvalue weighted by molar-refractivity contribution is 6.29. The van der Waals surface area contributed by atoms with Gasteiger partial charge in [-0.2, -0.15) is 0 Å². The number of nitrogens with zero attached hydrogens (tertiary/aromatic N) is 1. The number of aromatic nitrogens is 1. The number of nitrogens with one attached hydrogen (secondary N) is 1. The van der Waals surface area contributed by atoms with Crippen LogP contribution in [0, 0.1) is 0 Å². The molecule has 3 nitrogen and oxygen atoms in total. The Balaban J connectivity index is 1.96. The third-order valence-electron chi connectivity index (χ3n) is 3.38. The van der Waals surface area contributed by atoms with Gasteiger partial charge in [0, 0.05) is 23.1 Å². The van der Waals surface area contributed by atoms with E-state index < -0.39 is 11.5 Å². The molecule has 94 valence electrons. The van der Waals surface area contributed by atoms with E-state index in [9.17, 15) is 9.18 Å². The number of halogens is 2. The number of carbonyl (C=O) groups excluding carboxylic acids is 1. The lowest BCUT2D eigenvalue weighted by atomic mass is 10.0. The minimum atomic E-state index is -1.95. The summed E-state index contributed by atoms with van der Waals surface area (Å²) in [5.74, 6) is -0.652. The van der Waals surface area contributed by atoms with Crippen molar-refractivity contribution < 1.29 is 9.18 Å². The SMILES string of the molecule is O=C(C(F)Cl)N1CCc2c([nH]c3ccccc23)C1. The van der Waals surface area contributed by atoms with Crippen LogP contribution in [0.15, 0.2) is 24.3 Å². The summed E-state index contributed by atoms with van der Waals surface area (Å²) in [6.07, 6.45) is 0.731. The van der Waals surface area contributed by atoms with Gasteiger partial charge in [0.15, 0.2) is 0 Å². The summed E-state index contributed by atoms with van der Waals surface area (Å²) in [6, 6.07) is 8.01. The number of H-pyrrole nitrogens is 1. The van der Waals surface area contributed by atoms with Crippen molar-refractivity contribution in [3.63, 3.8) is 0 Å². The second kappa shape index (κ2) is 4.28. The van der Waals surface area contributed by atoms with Crippen LogP contribution in [-0.4, -0.2) is 28.0 Å². The van der Waals surface area contributed by atoms with Gasteiger partial charge in [-0.25, -0.2) is 4.39 Å². The van der Waals surface area contributed by atoms with Gasteiger partial charge in [0.1, 0.15) is 0 Å². The topological polar surface area (TPSA) is 36.1 Å². The summed E-state index contributed by atoms with van der Waals surface area (Å²) in [5, 5.41) is 1.18. The first-order chi connectivity index (χ1) is 8.66. The first-order valence-electron chi connectivity index (χ1n) is 5.82. The van der Waals surface area contributed by atoms with Crippen molar-refractivity contribution in [2.24, 2.45) is 0 Å². The molecular weight excluding hydrogens is 255 g/mol. The van der Waals surface area contributed by atoms with Crippen LogP contribution in [-0.2, 0) is 17.8 Å². The molecule has 1 aliphatic rings. The Kier molecular flexibility index (Phi) is 2.74. The van der Waals surface area contributed by atoms with Crippen LogP contribution in [0.2, 0.25) is 0 Å². The van der Waals surface area contributed by atoms with Crippen LogP contribution in [0.4, 0.5) is 4.39 Å². The predicted molar refractivity (Wildman–Crippen MR) is 68.2 cm³/mol. The lowest BCUT2D eigenvalue weighted by Gasteiger charge is -2.27. The first kappa shape index (κ1) is 11.5.